The summed E-state index contributed by atoms with van der Waals surface area (Å²) in [5, 5.41) is 12.8. The number of imidazole rings is 1. The van der Waals surface area contributed by atoms with Gasteiger partial charge in [0.15, 0.2) is 8.32 Å². The third-order valence-corrected chi connectivity index (χ3v) is 12.8. The van der Waals surface area contributed by atoms with E-state index in [-0.39, 0.29) is 5.04 Å². The van der Waals surface area contributed by atoms with E-state index < -0.39 is 14.3 Å². The van der Waals surface area contributed by atoms with Gasteiger partial charge < -0.3 is 14.1 Å². The highest BCUT2D eigenvalue weighted by atomic mass is 35.5. The van der Waals surface area contributed by atoms with E-state index >= 15 is 0 Å². The molecule has 0 spiro atoms. The van der Waals surface area contributed by atoms with Crippen LogP contribution in [0.15, 0.2) is 47.4 Å². The van der Waals surface area contributed by atoms with Crippen LogP contribution in [0.3, 0.4) is 0 Å². The summed E-state index contributed by atoms with van der Waals surface area (Å²) in [6.07, 6.45) is 4.99. The Labute approximate surface area is 231 Å². The number of aromatic nitrogens is 2. The third-order valence-electron chi connectivity index (χ3n) is 7.11. The number of hydrogen-bond acceptors (Lipinski definition) is 4. The van der Waals surface area contributed by atoms with Crippen molar-refractivity contribution in [3.8, 4) is 0 Å². The minimum absolute atomic E-state index is 0.0551. The van der Waals surface area contributed by atoms with E-state index in [2.05, 4.69) is 45.4 Å². The lowest BCUT2D eigenvalue weighted by molar-refractivity contribution is -0.132. The largest absolute Gasteiger partial charge is 0.478 e. The van der Waals surface area contributed by atoms with Crippen molar-refractivity contribution in [1.82, 2.24) is 9.55 Å². The van der Waals surface area contributed by atoms with E-state index in [0.717, 1.165) is 46.9 Å². The summed E-state index contributed by atoms with van der Waals surface area (Å²) in [6, 6.07) is 11.7. The van der Waals surface area contributed by atoms with Gasteiger partial charge in [-0.2, -0.15) is 0 Å². The van der Waals surface area contributed by atoms with E-state index in [1.807, 2.05) is 41.8 Å². The number of aliphatic carboxylic acids is 1. The summed E-state index contributed by atoms with van der Waals surface area (Å²) >= 11 is 8.11. The van der Waals surface area contributed by atoms with Crippen LogP contribution in [0.2, 0.25) is 23.2 Å². The maximum absolute atomic E-state index is 12.4. The molecule has 0 fully saturated rings. The Balaban J connectivity index is 2.14. The van der Waals surface area contributed by atoms with Gasteiger partial charge in [0, 0.05) is 28.3 Å². The lowest BCUT2D eigenvalue weighted by Gasteiger charge is -2.36. The van der Waals surface area contributed by atoms with Crippen molar-refractivity contribution < 1.29 is 14.3 Å². The van der Waals surface area contributed by atoms with Crippen LogP contribution in [0.4, 0.5) is 0 Å². The number of carbonyl (C=O) groups is 1. The van der Waals surface area contributed by atoms with Gasteiger partial charge in [0.05, 0.1) is 24.5 Å². The molecule has 2 aromatic heterocycles. The van der Waals surface area contributed by atoms with Gasteiger partial charge in [-0.1, -0.05) is 70.0 Å². The second-order valence-electron chi connectivity index (χ2n) is 10.9. The maximum Gasteiger partial charge on any atom is 0.332 e. The smallest absolute Gasteiger partial charge is 0.332 e. The molecule has 200 valence electrons. The number of thiophene rings is 1. The summed E-state index contributed by atoms with van der Waals surface area (Å²) in [5.41, 5.74) is 2.88. The fourth-order valence-electron chi connectivity index (χ4n) is 3.75. The first-order valence-corrected chi connectivity index (χ1v) is 17.0. The first kappa shape index (κ1) is 29.4. The van der Waals surface area contributed by atoms with Crippen molar-refractivity contribution in [1.29, 1.82) is 0 Å². The number of nitrogens with zero attached hydrogens (tertiary/aromatic N) is 2. The normalized spacial score (nSPS) is 12.8. The summed E-state index contributed by atoms with van der Waals surface area (Å²) < 4.78 is 8.72. The lowest BCUT2D eigenvalue weighted by Crippen LogP contribution is -2.40. The van der Waals surface area contributed by atoms with Gasteiger partial charge >= 0.3 is 5.97 Å². The monoisotopic (exact) mass is 558 g/mol. The van der Waals surface area contributed by atoms with Crippen molar-refractivity contribution in [3.05, 3.63) is 80.0 Å². The van der Waals surface area contributed by atoms with Gasteiger partial charge in [0.25, 0.3) is 0 Å². The first-order chi connectivity index (χ1) is 17.4. The molecule has 3 aromatic rings. The van der Waals surface area contributed by atoms with Gasteiger partial charge in [-0.05, 0) is 53.7 Å². The molecule has 0 saturated heterocycles. The van der Waals surface area contributed by atoms with Crippen LogP contribution in [-0.2, 0) is 35.2 Å². The highest BCUT2D eigenvalue weighted by Crippen LogP contribution is 2.37. The summed E-state index contributed by atoms with van der Waals surface area (Å²) in [6.45, 7) is 14.1. The molecule has 5 nitrogen and oxygen atoms in total. The number of hydrogen-bond donors (Lipinski definition) is 1. The molecule has 0 aliphatic heterocycles. The van der Waals surface area contributed by atoms with Gasteiger partial charge in [0.1, 0.15) is 5.82 Å². The second kappa shape index (κ2) is 12.6. The standard InChI is InChI=1S/C29H39ClN2O3SSi/c1-7-8-15-27-31-25(20-35-37(5,6)29(2,3)4)26(32(27)19-21-12-9-10-14-24(21)30)18-22(28(33)34)17-23-13-11-16-36-23/h9-14,16,18H,7-8,15,17,19-20H2,1-6H3,(H,33,34)/b22-18+. The Morgan fingerprint density at radius 1 is 1.22 bits per heavy atom. The quantitative estimate of drug-likeness (QED) is 0.180. The molecule has 0 aliphatic rings. The summed E-state index contributed by atoms with van der Waals surface area (Å²) in [7, 11) is -2.05. The minimum atomic E-state index is -2.05. The van der Waals surface area contributed by atoms with E-state index in [9.17, 15) is 9.90 Å². The fourth-order valence-corrected chi connectivity index (χ4v) is 5.61. The van der Waals surface area contributed by atoms with Crippen molar-refractivity contribution in [2.24, 2.45) is 0 Å². The van der Waals surface area contributed by atoms with Gasteiger partial charge in [-0.3, -0.25) is 0 Å². The minimum Gasteiger partial charge on any atom is -0.478 e. The summed E-state index contributed by atoms with van der Waals surface area (Å²) in [4.78, 5) is 18.4. The van der Waals surface area contributed by atoms with Crippen molar-refractivity contribution in [2.75, 3.05) is 0 Å². The Morgan fingerprint density at radius 3 is 2.54 bits per heavy atom. The van der Waals surface area contributed by atoms with E-state index in [1.165, 1.54) is 0 Å². The summed E-state index contributed by atoms with van der Waals surface area (Å²) in [5.74, 6) is 0.00739. The lowest BCUT2D eigenvalue weighted by atomic mass is 10.1. The van der Waals surface area contributed by atoms with Gasteiger partial charge in [-0.25, -0.2) is 9.78 Å². The molecule has 2 heterocycles. The first-order valence-electron chi connectivity index (χ1n) is 12.8. The van der Waals surface area contributed by atoms with Gasteiger partial charge in [0.2, 0.25) is 0 Å². The second-order valence-corrected chi connectivity index (χ2v) is 17.2. The molecule has 37 heavy (non-hydrogen) atoms. The van der Waals surface area contributed by atoms with Crippen LogP contribution in [-0.4, -0.2) is 28.9 Å². The highest BCUT2D eigenvalue weighted by molar-refractivity contribution is 7.09. The number of aryl methyl sites for hydroxylation is 1. The number of halogens is 1. The molecule has 8 heteroatoms. The molecule has 0 radical (unpaired) electrons. The molecule has 1 aromatic carbocycles. The Bertz CT molecular complexity index is 1230. The van der Waals surface area contributed by atoms with E-state index in [0.29, 0.717) is 30.2 Å². The number of rotatable bonds is 12. The molecule has 0 amide bonds. The van der Waals surface area contributed by atoms with Crippen LogP contribution < -0.4 is 0 Å². The Morgan fingerprint density at radius 2 is 1.95 bits per heavy atom. The number of benzene rings is 1. The SMILES string of the molecule is CCCCc1nc(CO[Si](C)(C)C(C)(C)C)c(/C=C(\Cc2cccs2)C(=O)O)n1Cc1ccccc1Cl. The zero-order chi connectivity index (χ0) is 27.2. The Hall–Kier alpha value is -2.19. The topological polar surface area (TPSA) is 64.3 Å². The molecule has 0 aliphatic carbocycles. The molecule has 1 N–H and O–H groups in total. The molecular weight excluding hydrogens is 520 g/mol. The van der Waals surface area contributed by atoms with Crippen molar-refractivity contribution in [3.63, 3.8) is 0 Å². The molecule has 0 saturated carbocycles. The number of carboxylic acid groups (broad SMARTS) is 1. The van der Waals surface area contributed by atoms with Gasteiger partial charge in [-0.15, -0.1) is 11.3 Å². The van der Waals surface area contributed by atoms with Crippen LogP contribution in [0, 0.1) is 0 Å². The van der Waals surface area contributed by atoms with Crippen LogP contribution in [0.25, 0.3) is 6.08 Å². The number of carboxylic acids is 1. The average Bonchev–Trinajstić information content (AvgIpc) is 3.45. The highest BCUT2D eigenvalue weighted by Gasteiger charge is 2.37. The zero-order valence-corrected chi connectivity index (χ0v) is 25.4. The molecule has 0 atom stereocenters. The number of unbranched alkanes of at least 4 members (excludes halogenated alkanes) is 1. The predicted molar refractivity (Wildman–Crippen MR) is 157 cm³/mol. The molecule has 0 unspecified atom stereocenters. The maximum atomic E-state index is 12.4. The van der Waals surface area contributed by atoms with Crippen LogP contribution in [0.5, 0.6) is 0 Å². The molecular formula is C29H39ClN2O3SSi. The fraction of sp³-hybridized carbons (Fsp3) is 0.448. The average molecular weight is 559 g/mol. The molecule has 3 rings (SSSR count). The molecule has 0 bridgehead atoms. The zero-order valence-electron chi connectivity index (χ0n) is 22.8. The van der Waals surface area contributed by atoms with Crippen LogP contribution >= 0.6 is 22.9 Å². The van der Waals surface area contributed by atoms with E-state index in [1.54, 1.807) is 17.4 Å². The van der Waals surface area contributed by atoms with Crippen LogP contribution in [0.1, 0.15) is 68.2 Å². The predicted octanol–water partition coefficient (Wildman–Crippen LogP) is 8.22. The third kappa shape index (κ3) is 7.66. The van der Waals surface area contributed by atoms with Crippen molar-refractivity contribution >= 4 is 43.3 Å². The Kier molecular flexibility index (Phi) is 9.97. The van der Waals surface area contributed by atoms with E-state index in [4.69, 9.17) is 21.0 Å². The van der Waals surface area contributed by atoms with Crippen molar-refractivity contribution in [2.45, 2.75) is 84.7 Å².